The van der Waals surface area contributed by atoms with E-state index < -0.39 is 59.1 Å². The van der Waals surface area contributed by atoms with Crippen LogP contribution in [0.25, 0.3) is 0 Å². The van der Waals surface area contributed by atoms with E-state index in [1.165, 1.54) is 4.90 Å². The van der Waals surface area contributed by atoms with Crippen molar-refractivity contribution in [1.82, 2.24) is 15.1 Å². The van der Waals surface area contributed by atoms with E-state index >= 15 is 0 Å². The van der Waals surface area contributed by atoms with E-state index in [9.17, 15) is 24.3 Å². The van der Waals surface area contributed by atoms with E-state index in [2.05, 4.69) is 34.4 Å². The number of carbonyl (C=O) groups excluding carboxylic acids is 4. The highest BCUT2D eigenvalue weighted by atomic mass is 79.9. The van der Waals surface area contributed by atoms with E-state index in [4.69, 9.17) is 9.47 Å². The molecule has 1 unspecified atom stereocenters. The lowest BCUT2D eigenvalue weighted by Gasteiger charge is -2.44. The predicted octanol–water partition coefficient (Wildman–Crippen LogP) is 2.58. The van der Waals surface area contributed by atoms with Gasteiger partial charge in [0.05, 0.1) is 37.1 Å². The zero-order valence-electron chi connectivity index (χ0n) is 25.1. The number of aliphatic hydroxyl groups excluding tert-OH is 1. The molecule has 3 rings (SSSR count). The summed E-state index contributed by atoms with van der Waals surface area (Å²) >= 11 is 3.66. The number of carbonyl (C=O) groups is 4. The maximum Gasteiger partial charge on any atom is 0.312 e. The molecule has 1 spiro atoms. The van der Waals surface area contributed by atoms with Gasteiger partial charge in [-0.05, 0) is 46.5 Å². The molecule has 2 N–H and O–H groups in total. The standard InChI is InChI=1S/C30H46BrN3O7/c1-9-11-12-21(36)32-15-18(5)40-28(39)22-23-26(37)34(20(16-35)17(3)4)25(30(23)14-19(31)24(22)41-30)27(38)33(13-10-2)29(6,7)8/h9-10,17-20,22-25,35H,1-2,11-16H2,3-8H3,(H,32,36)/t18-,19?,20-,22+,23-,24+,25+,30-/m0/s1. The molecule has 3 amide bonds. The number of allylic oxidation sites excluding steroid dienone is 1. The van der Waals surface area contributed by atoms with Gasteiger partial charge in [-0.1, -0.05) is 41.9 Å². The van der Waals surface area contributed by atoms with Gasteiger partial charge in [0, 0.05) is 23.3 Å². The summed E-state index contributed by atoms with van der Waals surface area (Å²) in [7, 11) is 0. The Kier molecular flexibility index (Phi) is 10.5. The number of nitrogens with one attached hydrogen (secondary N) is 1. The molecule has 3 saturated heterocycles. The van der Waals surface area contributed by atoms with Gasteiger partial charge in [-0.2, -0.15) is 0 Å². The molecule has 0 aliphatic carbocycles. The molecule has 0 aromatic heterocycles. The molecule has 10 nitrogen and oxygen atoms in total. The van der Waals surface area contributed by atoms with Crippen LogP contribution in [0.15, 0.2) is 25.3 Å². The number of rotatable bonds is 13. The highest BCUT2D eigenvalue weighted by molar-refractivity contribution is 9.09. The lowest BCUT2D eigenvalue weighted by atomic mass is 9.70. The molecule has 3 heterocycles. The number of hydrogen-bond donors (Lipinski definition) is 2. The third-order valence-electron chi connectivity index (χ3n) is 8.41. The number of nitrogens with zero attached hydrogens (tertiary/aromatic N) is 2. The largest absolute Gasteiger partial charge is 0.460 e. The van der Waals surface area contributed by atoms with Gasteiger partial charge in [-0.3, -0.25) is 19.2 Å². The number of fused-ring (bicyclic) bond motifs is 1. The Hall–Kier alpha value is -2.24. The number of likely N-dealkylation sites (tertiary alicyclic amines) is 1. The smallest absolute Gasteiger partial charge is 0.312 e. The first kappa shape index (κ1) is 33.3. The molecular weight excluding hydrogens is 594 g/mol. The van der Waals surface area contributed by atoms with Gasteiger partial charge >= 0.3 is 5.97 Å². The van der Waals surface area contributed by atoms with Gasteiger partial charge in [0.15, 0.2) is 0 Å². The number of esters is 1. The first-order valence-electron chi connectivity index (χ1n) is 14.4. The summed E-state index contributed by atoms with van der Waals surface area (Å²) in [6, 6.07) is -1.69. The Morgan fingerprint density at radius 2 is 1.93 bits per heavy atom. The van der Waals surface area contributed by atoms with Crippen LogP contribution >= 0.6 is 15.9 Å². The summed E-state index contributed by atoms with van der Waals surface area (Å²) in [5.74, 6) is -3.54. The topological polar surface area (TPSA) is 125 Å². The molecule has 3 aliphatic heterocycles. The fourth-order valence-corrected chi connectivity index (χ4v) is 7.41. The molecule has 8 atom stereocenters. The van der Waals surface area contributed by atoms with Crippen molar-refractivity contribution in [2.45, 2.75) is 101 Å². The second-order valence-electron chi connectivity index (χ2n) is 12.7. The lowest BCUT2D eigenvalue weighted by molar-refractivity contribution is -0.160. The highest BCUT2D eigenvalue weighted by Gasteiger charge is 2.77. The van der Waals surface area contributed by atoms with Crippen molar-refractivity contribution in [3.8, 4) is 0 Å². The molecule has 0 saturated carbocycles. The van der Waals surface area contributed by atoms with Crippen molar-refractivity contribution in [1.29, 1.82) is 0 Å². The van der Waals surface area contributed by atoms with Crippen molar-refractivity contribution in [3.05, 3.63) is 25.3 Å². The number of amides is 3. The Bertz CT molecular complexity index is 1040. The summed E-state index contributed by atoms with van der Waals surface area (Å²) in [6.07, 6.45) is 3.17. The Balaban J connectivity index is 1.98. The molecule has 41 heavy (non-hydrogen) atoms. The van der Waals surface area contributed by atoms with Crippen molar-refractivity contribution in [3.63, 3.8) is 0 Å². The number of alkyl halides is 1. The van der Waals surface area contributed by atoms with Crippen LogP contribution in [0.2, 0.25) is 0 Å². The first-order valence-corrected chi connectivity index (χ1v) is 15.3. The van der Waals surface area contributed by atoms with Gasteiger partial charge < -0.3 is 29.7 Å². The van der Waals surface area contributed by atoms with Crippen molar-refractivity contribution in [2.75, 3.05) is 19.7 Å². The Morgan fingerprint density at radius 3 is 2.46 bits per heavy atom. The van der Waals surface area contributed by atoms with E-state index in [-0.39, 0.29) is 48.7 Å². The van der Waals surface area contributed by atoms with Gasteiger partial charge in [0.25, 0.3) is 0 Å². The van der Waals surface area contributed by atoms with E-state index in [0.29, 0.717) is 12.8 Å². The van der Waals surface area contributed by atoms with Gasteiger partial charge in [0.2, 0.25) is 17.7 Å². The lowest BCUT2D eigenvalue weighted by Crippen LogP contribution is -2.62. The summed E-state index contributed by atoms with van der Waals surface area (Å²) in [6.45, 7) is 18.6. The minimum Gasteiger partial charge on any atom is -0.460 e. The number of aliphatic hydroxyl groups is 1. The quantitative estimate of drug-likeness (QED) is 0.180. The summed E-state index contributed by atoms with van der Waals surface area (Å²) in [4.78, 5) is 57.3. The van der Waals surface area contributed by atoms with Crippen molar-refractivity contribution < 1.29 is 33.8 Å². The predicted molar refractivity (Wildman–Crippen MR) is 158 cm³/mol. The third-order valence-corrected chi connectivity index (χ3v) is 9.26. The molecule has 0 aromatic rings. The maximum atomic E-state index is 14.4. The van der Waals surface area contributed by atoms with E-state index in [0.717, 1.165) is 0 Å². The normalized spacial score (nSPS) is 30.1. The van der Waals surface area contributed by atoms with Crippen LogP contribution in [-0.4, -0.2) is 98.6 Å². The fraction of sp³-hybridized carbons (Fsp3) is 0.733. The van der Waals surface area contributed by atoms with Crippen molar-refractivity contribution in [2.24, 2.45) is 17.8 Å². The average molecular weight is 641 g/mol. The zero-order chi connectivity index (χ0) is 30.9. The SMILES string of the molecule is C=CCCC(=O)NC[C@H](C)OC(=O)[C@H]1[C@@H]2O[C@@]3(CC2Br)[C@@H]1C(=O)N([C@@H](CO)C(C)C)[C@@H]3C(=O)N(CC=C)C(C)(C)C. The average Bonchev–Trinajstić information content (AvgIpc) is 3.47. The first-order chi connectivity index (χ1) is 19.2. The number of ether oxygens (including phenoxy) is 2. The van der Waals surface area contributed by atoms with E-state index in [1.54, 1.807) is 24.0 Å². The Labute approximate surface area is 252 Å². The van der Waals surface area contributed by atoms with Crippen LogP contribution in [0.5, 0.6) is 0 Å². The van der Waals surface area contributed by atoms with Gasteiger partial charge in [-0.25, -0.2) is 0 Å². The molecule has 0 aromatic carbocycles. The Morgan fingerprint density at radius 1 is 1.27 bits per heavy atom. The fourth-order valence-electron chi connectivity index (χ4n) is 6.46. The van der Waals surface area contributed by atoms with Crippen LogP contribution in [0.3, 0.4) is 0 Å². The van der Waals surface area contributed by atoms with Gasteiger partial charge in [-0.15, -0.1) is 13.2 Å². The third kappa shape index (κ3) is 6.27. The minimum atomic E-state index is -1.27. The minimum absolute atomic E-state index is 0.122. The highest BCUT2D eigenvalue weighted by Crippen LogP contribution is 2.61. The second kappa shape index (κ2) is 13.0. The summed E-state index contributed by atoms with van der Waals surface area (Å²) in [5, 5.41) is 13.1. The van der Waals surface area contributed by atoms with Crippen LogP contribution in [0.1, 0.15) is 60.8 Å². The van der Waals surface area contributed by atoms with Crippen LogP contribution in [-0.2, 0) is 28.7 Å². The van der Waals surface area contributed by atoms with Crippen LogP contribution in [0.4, 0.5) is 0 Å². The van der Waals surface area contributed by atoms with Crippen LogP contribution in [0, 0.1) is 17.8 Å². The molecule has 0 radical (unpaired) electrons. The van der Waals surface area contributed by atoms with Crippen molar-refractivity contribution >= 4 is 39.6 Å². The maximum absolute atomic E-state index is 14.4. The van der Waals surface area contributed by atoms with Crippen LogP contribution < -0.4 is 5.32 Å². The summed E-state index contributed by atoms with van der Waals surface area (Å²) in [5.41, 5.74) is -1.86. The molecule has 230 valence electrons. The zero-order valence-corrected chi connectivity index (χ0v) is 26.7. The molecule has 2 bridgehead atoms. The van der Waals surface area contributed by atoms with Gasteiger partial charge in [0.1, 0.15) is 17.7 Å². The molecular formula is C30H46BrN3O7. The molecule has 3 fully saturated rings. The number of hydrogen-bond acceptors (Lipinski definition) is 7. The molecule has 11 heteroatoms. The molecule has 3 aliphatic rings. The summed E-state index contributed by atoms with van der Waals surface area (Å²) < 4.78 is 12.3. The monoisotopic (exact) mass is 639 g/mol. The number of halogens is 1. The second-order valence-corrected chi connectivity index (χ2v) is 13.9. The van der Waals surface area contributed by atoms with E-state index in [1.807, 2.05) is 34.6 Å².